The lowest BCUT2D eigenvalue weighted by atomic mass is 10.1. The zero-order chi connectivity index (χ0) is 17.5. The van der Waals surface area contributed by atoms with Crippen LogP contribution < -0.4 is 10.2 Å². The molecule has 0 aliphatic carbocycles. The summed E-state index contributed by atoms with van der Waals surface area (Å²) in [5, 5.41) is 3.04. The molecule has 1 N–H and O–H groups in total. The van der Waals surface area contributed by atoms with E-state index in [1.807, 2.05) is 23.1 Å². The highest BCUT2D eigenvalue weighted by atomic mass is 16.5. The second kappa shape index (κ2) is 9.06. The van der Waals surface area contributed by atoms with Gasteiger partial charge in [0.2, 0.25) is 0 Å². The minimum Gasteiger partial charge on any atom is -0.378 e. The Labute approximate surface area is 150 Å². The minimum absolute atomic E-state index is 0.0380. The second-order valence-electron chi connectivity index (χ2n) is 6.66. The number of carbonyl (C=O) groups excluding carboxylic acids is 1. The van der Waals surface area contributed by atoms with Gasteiger partial charge in [0.1, 0.15) is 0 Å². The van der Waals surface area contributed by atoms with Crippen molar-refractivity contribution in [2.45, 2.75) is 32.3 Å². The summed E-state index contributed by atoms with van der Waals surface area (Å²) in [6, 6.07) is 8.01. The van der Waals surface area contributed by atoms with Gasteiger partial charge in [0.15, 0.2) is 0 Å². The van der Waals surface area contributed by atoms with Gasteiger partial charge in [-0.3, -0.25) is 0 Å². The van der Waals surface area contributed by atoms with E-state index in [2.05, 4.69) is 23.2 Å². The Morgan fingerprint density at radius 3 is 2.96 bits per heavy atom. The van der Waals surface area contributed by atoms with Crippen molar-refractivity contribution in [1.29, 1.82) is 0 Å². The molecule has 2 fully saturated rings. The van der Waals surface area contributed by atoms with Crippen LogP contribution in [0.4, 0.5) is 16.2 Å². The Morgan fingerprint density at radius 2 is 2.16 bits per heavy atom. The fourth-order valence-electron chi connectivity index (χ4n) is 3.35. The number of nitrogens with zero attached hydrogens (tertiary/aromatic N) is 2. The summed E-state index contributed by atoms with van der Waals surface area (Å²) in [5.74, 6) is 0. The molecule has 0 aromatic heterocycles. The van der Waals surface area contributed by atoms with Gasteiger partial charge in [0, 0.05) is 44.2 Å². The fraction of sp³-hybridized carbons (Fsp3) is 0.632. The van der Waals surface area contributed by atoms with Crippen molar-refractivity contribution in [3.63, 3.8) is 0 Å². The quantitative estimate of drug-likeness (QED) is 0.890. The van der Waals surface area contributed by atoms with Crippen molar-refractivity contribution in [3.05, 3.63) is 24.3 Å². The molecule has 2 aliphatic rings. The number of ether oxygens (including phenoxy) is 2. The van der Waals surface area contributed by atoms with Crippen LogP contribution in [-0.4, -0.2) is 63.0 Å². The van der Waals surface area contributed by atoms with Gasteiger partial charge in [-0.05, 0) is 37.5 Å². The average molecular weight is 347 g/mol. The number of benzene rings is 1. The Balaban J connectivity index is 1.57. The first kappa shape index (κ1) is 18.0. The lowest BCUT2D eigenvalue weighted by Crippen LogP contribution is -2.45. The predicted octanol–water partition coefficient (Wildman–Crippen LogP) is 2.95. The first-order valence-corrected chi connectivity index (χ1v) is 9.36. The van der Waals surface area contributed by atoms with Gasteiger partial charge in [-0.15, -0.1) is 0 Å². The van der Waals surface area contributed by atoms with Crippen molar-refractivity contribution < 1.29 is 14.3 Å². The van der Waals surface area contributed by atoms with Gasteiger partial charge < -0.3 is 24.6 Å². The lowest BCUT2D eigenvalue weighted by molar-refractivity contribution is 0.0115. The summed E-state index contributed by atoms with van der Waals surface area (Å²) < 4.78 is 11.2. The predicted molar refractivity (Wildman–Crippen MR) is 99.3 cm³/mol. The molecule has 0 spiro atoms. The zero-order valence-electron chi connectivity index (χ0n) is 15.1. The normalized spacial score (nSPS) is 21.2. The smallest absolute Gasteiger partial charge is 0.321 e. The van der Waals surface area contributed by atoms with Crippen LogP contribution in [0, 0.1) is 0 Å². The van der Waals surface area contributed by atoms with Crippen LogP contribution in [0.1, 0.15) is 26.2 Å². The van der Waals surface area contributed by atoms with Crippen LogP contribution in [0.15, 0.2) is 24.3 Å². The van der Waals surface area contributed by atoms with E-state index in [0.29, 0.717) is 6.54 Å². The van der Waals surface area contributed by atoms with Gasteiger partial charge in [-0.1, -0.05) is 13.0 Å². The van der Waals surface area contributed by atoms with Gasteiger partial charge >= 0.3 is 6.03 Å². The highest BCUT2D eigenvalue weighted by molar-refractivity contribution is 5.90. The van der Waals surface area contributed by atoms with E-state index < -0.39 is 0 Å². The summed E-state index contributed by atoms with van der Waals surface area (Å²) >= 11 is 0. The molecule has 2 saturated heterocycles. The van der Waals surface area contributed by atoms with Gasteiger partial charge in [0.25, 0.3) is 0 Å². The third-order valence-corrected chi connectivity index (χ3v) is 4.70. The molecule has 0 radical (unpaired) electrons. The van der Waals surface area contributed by atoms with E-state index in [9.17, 15) is 4.79 Å². The molecular weight excluding hydrogens is 318 g/mol. The van der Waals surface area contributed by atoms with E-state index >= 15 is 0 Å². The standard InChI is InChI=1S/C19H29N3O3/c1-2-11-25-18-7-4-8-22(15-18)19(23)20-16-5-3-6-17(14-16)21-9-12-24-13-10-21/h3,5-6,14,18H,2,4,7-13,15H2,1H3,(H,20,23)/t18-/m0/s1. The molecule has 138 valence electrons. The zero-order valence-corrected chi connectivity index (χ0v) is 15.1. The number of nitrogens with one attached hydrogen (secondary N) is 1. The number of urea groups is 1. The van der Waals surface area contributed by atoms with E-state index in [1.54, 1.807) is 0 Å². The molecule has 2 aliphatic heterocycles. The van der Waals surface area contributed by atoms with E-state index in [1.165, 1.54) is 0 Å². The van der Waals surface area contributed by atoms with Crippen LogP contribution in [0.3, 0.4) is 0 Å². The van der Waals surface area contributed by atoms with Crippen LogP contribution in [0.2, 0.25) is 0 Å². The number of hydrogen-bond acceptors (Lipinski definition) is 4. The summed E-state index contributed by atoms with van der Waals surface area (Å²) in [6.07, 6.45) is 3.21. The maximum Gasteiger partial charge on any atom is 0.321 e. The van der Waals surface area contributed by atoms with Gasteiger partial charge in [-0.25, -0.2) is 4.79 Å². The van der Waals surface area contributed by atoms with Crippen LogP contribution in [-0.2, 0) is 9.47 Å². The monoisotopic (exact) mass is 347 g/mol. The average Bonchev–Trinajstić information content (AvgIpc) is 2.67. The fourth-order valence-corrected chi connectivity index (χ4v) is 3.35. The van der Waals surface area contributed by atoms with Crippen molar-refractivity contribution in [2.75, 3.05) is 56.2 Å². The van der Waals surface area contributed by atoms with Gasteiger partial charge in [-0.2, -0.15) is 0 Å². The molecule has 3 rings (SSSR count). The Kier molecular flexibility index (Phi) is 6.53. The maximum atomic E-state index is 12.6. The highest BCUT2D eigenvalue weighted by Gasteiger charge is 2.24. The Hall–Kier alpha value is -1.79. The first-order chi connectivity index (χ1) is 12.3. The van der Waals surface area contributed by atoms with Crippen molar-refractivity contribution >= 4 is 17.4 Å². The summed E-state index contributed by atoms with van der Waals surface area (Å²) in [6.45, 7) is 7.62. The SMILES string of the molecule is CCCO[C@H]1CCCN(C(=O)Nc2cccc(N3CCOCC3)c2)C1. The summed E-state index contributed by atoms with van der Waals surface area (Å²) in [7, 11) is 0. The molecule has 1 atom stereocenters. The number of likely N-dealkylation sites (tertiary alicyclic amines) is 1. The molecule has 0 bridgehead atoms. The number of piperidine rings is 1. The number of morpholine rings is 1. The van der Waals surface area contributed by atoms with Crippen molar-refractivity contribution in [1.82, 2.24) is 4.90 Å². The molecule has 0 saturated carbocycles. The first-order valence-electron chi connectivity index (χ1n) is 9.36. The third-order valence-electron chi connectivity index (χ3n) is 4.70. The largest absolute Gasteiger partial charge is 0.378 e. The topological polar surface area (TPSA) is 54.0 Å². The third kappa shape index (κ3) is 5.09. The second-order valence-corrected chi connectivity index (χ2v) is 6.66. The summed E-state index contributed by atoms with van der Waals surface area (Å²) in [5.41, 5.74) is 1.97. The number of rotatable bonds is 5. The lowest BCUT2D eigenvalue weighted by Gasteiger charge is -2.33. The molecule has 6 heteroatoms. The van der Waals surface area contributed by atoms with Crippen LogP contribution in [0.25, 0.3) is 0 Å². The summed E-state index contributed by atoms with van der Waals surface area (Å²) in [4.78, 5) is 16.8. The molecule has 1 aromatic carbocycles. The molecule has 2 amide bonds. The number of hydrogen-bond donors (Lipinski definition) is 1. The van der Waals surface area contributed by atoms with E-state index in [-0.39, 0.29) is 12.1 Å². The Bertz CT molecular complexity index is 561. The number of anilines is 2. The molecule has 1 aromatic rings. The van der Waals surface area contributed by atoms with E-state index in [4.69, 9.17) is 9.47 Å². The molecule has 25 heavy (non-hydrogen) atoms. The van der Waals surface area contributed by atoms with Crippen LogP contribution >= 0.6 is 0 Å². The van der Waals surface area contributed by atoms with Crippen molar-refractivity contribution in [2.24, 2.45) is 0 Å². The number of carbonyl (C=O) groups is 1. The van der Waals surface area contributed by atoms with Gasteiger partial charge in [0.05, 0.1) is 19.3 Å². The molecule has 0 unspecified atom stereocenters. The Morgan fingerprint density at radius 1 is 1.32 bits per heavy atom. The molecular formula is C19H29N3O3. The van der Waals surface area contributed by atoms with Crippen LogP contribution in [0.5, 0.6) is 0 Å². The van der Waals surface area contributed by atoms with Crippen molar-refractivity contribution in [3.8, 4) is 0 Å². The molecule has 2 heterocycles. The molecule has 6 nitrogen and oxygen atoms in total. The maximum absolute atomic E-state index is 12.6. The highest BCUT2D eigenvalue weighted by Crippen LogP contribution is 2.21. The minimum atomic E-state index is -0.0380. The van der Waals surface area contributed by atoms with E-state index in [0.717, 1.165) is 70.1 Å². The number of amides is 2.